The number of hydrogen-bond donors (Lipinski definition) is 0. The molecule has 0 aromatic heterocycles. The Morgan fingerprint density at radius 1 is 1.43 bits per heavy atom. The first-order chi connectivity index (χ1) is 6.65. The van der Waals surface area contributed by atoms with Crippen LogP contribution in [-0.2, 0) is 19.2 Å². The number of carbonyl (C=O) groups is 3. The third-order valence-electron chi connectivity index (χ3n) is 1.28. The minimum Gasteiger partial charge on any atom is -0.330 e. The molecule has 0 saturated heterocycles. The van der Waals surface area contributed by atoms with Crippen molar-refractivity contribution in [2.45, 2.75) is 26.7 Å². The van der Waals surface area contributed by atoms with Crippen LogP contribution in [0.1, 0.15) is 26.7 Å². The topological polar surface area (TPSA) is 63.7 Å². The van der Waals surface area contributed by atoms with Gasteiger partial charge in [-0.15, -0.1) is 5.06 Å². The first-order valence-electron chi connectivity index (χ1n) is 4.27. The summed E-state index contributed by atoms with van der Waals surface area (Å²) >= 11 is 0. The van der Waals surface area contributed by atoms with Gasteiger partial charge in [0.15, 0.2) is 0 Å². The highest BCUT2D eigenvalue weighted by molar-refractivity contribution is 5.94. The summed E-state index contributed by atoms with van der Waals surface area (Å²) in [6.45, 7) is 3.41. The highest BCUT2D eigenvalue weighted by Gasteiger charge is 2.14. The molecule has 5 heteroatoms. The van der Waals surface area contributed by atoms with Gasteiger partial charge in [-0.05, 0) is 13.3 Å². The van der Waals surface area contributed by atoms with Crippen molar-refractivity contribution in [3.63, 3.8) is 0 Å². The van der Waals surface area contributed by atoms with E-state index in [1.54, 1.807) is 13.8 Å². The third-order valence-corrected chi connectivity index (χ3v) is 1.28. The van der Waals surface area contributed by atoms with Crippen molar-refractivity contribution in [2.75, 3.05) is 0 Å². The number of imide groups is 1. The molecule has 0 fully saturated rings. The van der Waals surface area contributed by atoms with Crippen molar-refractivity contribution in [1.82, 2.24) is 5.06 Å². The lowest BCUT2D eigenvalue weighted by molar-refractivity contribution is -0.194. The summed E-state index contributed by atoms with van der Waals surface area (Å²) in [5, 5.41) is 0.373. The second-order valence-corrected chi connectivity index (χ2v) is 2.48. The van der Waals surface area contributed by atoms with E-state index in [2.05, 4.69) is 4.84 Å². The number of hydroxylamine groups is 2. The molecular weight excluding hydrogens is 186 g/mol. The number of nitrogens with zero attached hydrogens (tertiary/aromatic N) is 1. The summed E-state index contributed by atoms with van der Waals surface area (Å²) < 4.78 is 0. The molecule has 0 aromatic rings. The van der Waals surface area contributed by atoms with Crippen LogP contribution in [0.3, 0.4) is 0 Å². The Bertz CT molecular complexity index is 247. The maximum absolute atomic E-state index is 11.0. The fourth-order valence-corrected chi connectivity index (χ4v) is 0.694. The Morgan fingerprint density at radius 3 is 2.50 bits per heavy atom. The largest absolute Gasteiger partial charge is 0.333 e. The zero-order valence-electron chi connectivity index (χ0n) is 8.23. The minimum absolute atomic E-state index is 0.163. The van der Waals surface area contributed by atoms with Crippen LogP contribution in [-0.4, -0.2) is 23.3 Å². The first-order valence-corrected chi connectivity index (χ1v) is 4.27. The molecular formula is C9H13NO4. The summed E-state index contributed by atoms with van der Waals surface area (Å²) in [5.74, 6) is -1.27. The Hall–Kier alpha value is -1.65. The van der Waals surface area contributed by atoms with Gasteiger partial charge in [-0.2, -0.15) is 0 Å². The molecule has 2 amide bonds. The summed E-state index contributed by atoms with van der Waals surface area (Å²) in [6, 6.07) is 0. The molecule has 0 radical (unpaired) electrons. The van der Waals surface area contributed by atoms with Gasteiger partial charge in [-0.25, -0.2) is 4.79 Å². The van der Waals surface area contributed by atoms with Crippen LogP contribution in [0.25, 0.3) is 0 Å². The monoisotopic (exact) mass is 199 g/mol. The Morgan fingerprint density at radius 2 is 2.07 bits per heavy atom. The number of amides is 2. The third kappa shape index (κ3) is 4.39. The van der Waals surface area contributed by atoms with E-state index in [-0.39, 0.29) is 12.8 Å². The van der Waals surface area contributed by atoms with Crippen molar-refractivity contribution in [2.24, 2.45) is 0 Å². The molecule has 0 aliphatic heterocycles. The standard InChI is InChI=1S/C9H13NO4/c1-3-5-8(12)10(7-11)14-9(13)6-4-2/h3,5,7H,4,6H2,1-2H3/b5-3-. The fraction of sp³-hybridized carbons (Fsp3) is 0.444. The van der Waals surface area contributed by atoms with E-state index >= 15 is 0 Å². The fourth-order valence-electron chi connectivity index (χ4n) is 0.694. The van der Waals surface area contributed by atoms with Gasteiger partial charge in [0.2, 0.25) is 0 Å². The van der Waals surface area contributed by atoms with Crippen LogP contribution in [0, 0.1) is 0 Å². The van der Waals surface area contributed by atoms with Crippen LogP contribution < -0.4 is 0 Å². The molecule has 0 aliphatic carbocycles. The lowest BCUT2D eigenvalue weighted by atomic mass is 10.3. The summed E-state index contributed by atoms with van der Waals surface area (Å²) in [5.41, 5.74) is 0. The number of rotatable bonds is 4. The zero-order chi connectivity index (χ0) is 11.0. The van der Waals surface area contributed by atoms with E-state index in [1.165, 1.54) is 6.08 Å². The predicted octanol–water partition coefficient (Wildman–Crippen LogP) is 0.806. The maximum Gasteiger partial charge on any atom is 0.333 e. The first kappa shape index (κ1) is 12.3. The predicted molar refractivity (Wildman–Crippen MR) is 48.7 cm³/mol. The van der Waals surface area contributed by atoms with E-state index < -0.39 is 11.9 Å². The zero-order valence-corrected chi connectivity index (χ0v) is 8.23. The van der Waals surface area contributed by atoms with E-state index in [0.717, 1.165) is 6.08 Å². The summed E-state index contributed by atoms with van der Waals surface area (Å²) in [4.78, 5) is 36.8. The van der Waals surface area contributed by atoms with E-state index in [0.29, 0.717) is 11.5 Å². The summed E-state index contributed by atoms with van der Waals surface area (Å²) in [6.07, 6.45) is 3.52. The van der Waals surface area contributed by atoms with Crippen LogP contribution in [0.15, 0.2) is 12.2 Å². The van der Waals surface area contributed by atoms with Crippen molar-refractivity contribution in [3.8, 4) is 0 Å². The Balaban J connectivity index is 4.21. The van der Waals surface area contributed by atoms with Gasteiger partial charge in [0, 0.05) is 12.5 Å². The molecule has 0 aliphatic rings. The van der Waals surface area contributed by atoms with Gasteiger partial charge < -0.3 is 4.84 Å². The van der Waals surface area contributed by atoms with Gasteiger partial charge in [0.1, 0.15) is 0 Å². The molecule has 0 saturated carbocycles. The van der Waals surface area contributed by atoms with Gasteiger partial charge in [-0.1, -0.05) is 13.0 Å². The molecule has 5 nitrogen and oxygen atoms in total. The Labute approximate surface area is 82.3 Å². The van der Waals surface area contributed by atoms with Crippen molar-refractivity contribution in [3.05, 3.63) is 12.2 Å². The minimum atomic E-state index is -0.674. The normalized spacial score (nSPS) is 9.86. The lowest BCUT2D eigenvalue weighted by Gasteiger charge is -2.11. The Kier molecular flexibility index (Phi) is 6.02. The molecule has 0 spiro atoms. The molecule has 0 atom stereocenters. The maximum atomic E-state index is 11.0. The van der Waals surface area contributed by atoms with Crippen molar-refractivity contribution >= 4 is 18.3 Å². The highest BCUT2D eigenvalue weighted by atomic mass is 16.7. The van der Waals surface area contributed by atoms with Crippen LogP contribution in [0.2, 0.25) is 0 Å². The van der Waals surface area contributed by atoms with Crippen molar-refractivity contribution in [1.29, 1.82) is 0 Å². The molecule has 78 valence electrons. The van der Waals surface area contributed by atoms with E-state index in [1.807, 2.05) is 0 Å². The lowest BCUT2D eigenvalue weighted by Crippen LogP contribution is -2.30. The molecule has 0 rings (SSSR count). The van der Waals surface area contributed by atoms with Gasteiger partial charge in [0.05, 0.1) is 0 Å². The second-order valence-electron chi connectivity index (χ2n) is 2.48. The number of hydrogen-bond acceptors (Lipinski definition) is 4. The average Bonchev–Trinajstić information content (AvgIpc) is 2.15. The van der Waals surface area contributed by atoms with E-state index in [4.69, 9.17) is 0 Å². The number of allylic oxidation sites excluding steroid dienone is 1. The smallest absolute Gasteiger partial charge is 0.330 e. The van der Waals surface area contributed by atoms with Crippen LogP contribution in [0.5, 0.6) is 0 Å². The molecule has 0 bridgehead atoms. The highest BCUT2D eigenvalue weighted by Crippen LogP contribution is 1.96. The molecule has 0 unspecified atom stereocenters. The van der Waals surface area contributed by atoms with Crippen LogP contribution in [0.4, 0.5) is 0 Å². The van der Waals surface area contributed by atoms with Crippen molar-refractivity contribution < 1.29 is 19.2 Å². The second kappa shape index (κ2) is 6.82. The molecule has 0 aromatic carbocycles. The van der Waals surface area contributed by atoms with Gasteiger partial charge in [-0.3, -0.25) is 9.59 Å². The van der Waals surface area contributed by atoms with Gasteiger partial charge in [0.25, 0.3) is 12.3 Å². The van der Waals surface area contributed by atoms with Gasteiger partial charge >= 0.3 is 5.97 Å². The summed E-state index contributed by atoms with van der Waals surface area (Å²) in [7, 11) is 0. The average molecular weight is 199 g/mol. The molecule has 14 heavy (non-hydrogen) atoms. The number of carbonyl (C=O) groups excluding carboxylic acids is 3. The van der Waals surface area contributed by atoms with Crippen LogP contribution >= 0.6 is 0 Å². The SMILES string of the molecule is C/C=C\C(=O)N(C=O)OC(=O)CCC. The van der Waals surface area contributed by atoms with E-state index in [9.17, 15) is 14.4 Å². The molecule has 0 N–H and O–H groups in total. The quantitative estimate of drug-likeness (QED) is 0.382. The molecule has 0 heterocycles.